The van der Waals surface area contributed by atoms with Gasteiger partial charge in [-0.25, -0.2) is 4.98 Å². The minimum Gasteiger partial charge on any atom is -0.508 e. The van der Waals surface area contributed by atoms with Crippen molar-refractivity contribution in [2.24, 2.45) is 0 Å². The molecular weight excluding hydrogens is 335 g/mol. The molecule has 2 rings (SSSR count). The molecule has 0 saturated heterocycles. The second kappa shape index (κ2) is 4.74. The normalized spacial score (nSPS) is 10.2. The summed E-state index contributed by atoms with van der Waals surface area (Å²) in [6.45, 7) is 1.73. The molecule has 2 aromatic rings. The van der Waals surface area contributed by atoms with Gasteiger partial charge in [0.25, 0.3) is 5.56 Å². The smallest absolute Gasteiger partial charge is 0.268 e. The number of hydrogen-bond acceptors (Lipinski definition) is 4. The molecule has 1 heterocycles. The molecule has 0 radical (unpaired) electrons. The van der Waals surface area contributed by atoms with Crippen molar-refractivity contribution < 1.29 is 9.84 Å². The van der Waals surface area contributed by atoms with Gasteiger partial charge < -0.3 is 14.8 Å². The standard InChI is InChI=1S/C11H9IN2O3/c1-6-7(15)3-2-4-8(6)17-11-9(12)10(16)13-5-14-11/h2-5,15H,1H3,(H,13,14,16). The van der Waals surface area contributed by atoms with E-state index in [1.54, 1.807) is 25.1 Å². The van der Waals surface area contributed by atoms with Crippen molar-refractivity contribution in [1.29, 1.82) is 0 Å². The predicted octanol–water partition coefficient (Wildman–Crippen LogP) is 2.18. The van der Waals surface area contributed by atoms with Crippen LogP contribution >= 0.6 is 22.6 Å². The van der Waals surface area contributed by atoms with Crippen molar-refractivity contribution in [2.45, 2.75) is 6.92 Å². The maximum absolute atomic E-state index is 11.3. The van der Waals surface area contributed by atoms with Crippen LogP contribution in [0, 0.1) is 10.5 Å². The third-order valence-corrected chi connectivity index (χ3v) is 3.18. The fraction of sp³-hybridized carbons (Fsp3) is 0.0909. The van der Waals surface area contributed by atoms with Crippen molar-refractivity contribution in [1.82, 2.24) is 9.97 Å². The first kappa shape index (κ1) is 11.9. The number of phenolic OH excluding ortho intramolecular Hbond substituents is 1. The summed E-state index contributed by atoms with van der Waals surface area (Å²) in [5, 5.41) is 9.53. The lowest BCUT2D eigenvalue weighted by Gasteiger charge is -2.09. The number of aromatic amines is 1. The van der Waals surface area contributed by atoms with E-state index in [9.17, 15) is 9.90 Å². The molecule has 0 atom stereocenters. The topological polar surface area (TPSA) is 75.2 Å². The number of nitrogens with zero attached hydrogens (tertiary/aromatic N) is 1. The zero-order chi connectivity index (χ0) is 12.4. The summed E-state index contributed by atoms with van der Waals surface area (Å²) in [6, 6.07) is 4.93. The van der Waals surface area contributed by atoms with Crippen LogP contribution in [0.5, 0.6) is 17.4 Å². The summed E-state index contributed by atoms with van der Waals surface area (Å²) in [4.78, 5) is 17.7. The molecule has 0 aliphatic rings. The van der Waals surface area contributed by atoms with E-state index in [1.165, 1.54) is 6.33 Å². The van der Waals surface area contributed by atoms with Gasteiger partial charge in [0.1, 0.15) is 15.1 Å². The summed E-state index contributed by atoms with van der Waals surface area (Å²) in [6.07, 6.45) is 1.28. The number of aromatic hydroxyl groups is 1. The van der Waals surface area contributed by atoms with E-state index in [0.717, 1.165) is 0 Å². The molecule has 0 aliphatic carbocycles. The third kappa shape index (κ3) is 2.41. The van der Waals surface area contributed by atoms with Gasteiger partial charge in [0.2, 0.25) is 5.88 Å². The molecule has 1 aromatic carbocycles. The number of halogens is 1. The van der Waals surface area contributed by atoms with Crippen LogP contribution in [0.25, 0.3) is 0 Å². The molecule has 0 amide bonds. The predicted molar refractivity (Wildman–Crippen MR) is 70.5 cm³/mol. The highest BCUT2D eigenvalue weighted by Crippen LogP contribution is 2.30. The Labute approximate surface area is 111 Å². The van der Waals surface area contributed by atoms with Crippen LogP contribution in [-0.2, 0) is 0 Å². The van der Waals surface area contributed by atoms with Crippen LogP contribution in [0.1, 0.15) is 5.56 Å². The van der Waals surface area contributed by atoms with Crippen LogP contribution in [0.3, 0.4) is 0 Å². The van der Waals surface area contributed by atoms with Gasteiger partial charge in [0, 0.05) is 5.56 Å². The van der Waals surface area contributed by atoms with E-state index < -0.39 is 0 Å². The van der Waals surface area contributed by atoms with Crippen LogP contribution in [0.15, 0.2) is 29.3 Å². The molecule has 17 heavy (non-hydrogen) atoms. The summed E-state index contributed by atoms with van der Waals surface area (Å²) in [7, 11) is 0. The number of ether oxygens (including phenoxy) is 1. The Balaban J connectivity index is 2.42. The Morgan fingerprint density at radius 2 is 2.24 bits per heavy atom. The van der Waals surface area contributed by atoms with Gasteiger partial charge in [-0.3, -0.25) is 4.79 Å². The van der Waals surface area contributed by atoms with Crippen molar-refractivity contribution in [2.75, 3.05) is 0 Å². The van der Waals surface area contributed by atoms with Crippen LogP contribution in [-0.4, -0.2) is 15.1 Å². The van der Waals surface area contributed by atoms with Crippen LogP contribution in [0.4, 0.5) is 0 Å². The SMILES string of the molecule is Cc1c(O)cccc1Oc1nc[nH]c(=O)c1I. The molecule has 0 aliphatic heterocycles. The van der Waals surface area contributed by atoms with Gasteiger partial charge in [0.15, 0.2) is 0 Å². The quantitative estimate of drug-likeness (QED) is 0.819. The Morgan fingerprint density at radius 1 is 1.47 bits per heavy atom. The maximum Gasteiger partial charge on any atom is 0.268 e. The number of nitrogens with one attached hydrogen (secondary N) is 1. The maximum atomic E-state index is 11.3. The number of aromatic nitrogens is 2. The summed E-state index contributed by atoms with van der Waals surface area (Å²) >= 11 is 1.86. The highest BCUT2D eigenvalue weighted by molar-refractivity contribution is 14.1. The minimum absolute atomic E-state index is 0.141. The van der Waals surface area contributed by atoms with Gasteiger partial charge in [-0.1, -0.05) is 6.07 Å². The van der Waals surface area contributed by atoms with E-state index in [0.29, 0.717) is 14.9 Å². The van der Waals surface area contributed by atoms with E-state index in [1.807, 2.05) is 22.6 Å². The molecule has 0 spiro atoms. The summed E-state index contributed by atoms with van der Waals surface area (Å²) in [5.41, 5.74) is 0.346. The van der Waals surface area contributed by atoms with Crippen molar-refractivity contribution in [3.05, 3.63) is 44.0 Å². The first-order chi connectivity index (χ1) is 8.09. The molecule has 0 bridgehead atoms. The third-order valence-electron chi connectivity index (χ3n) is 2.23. The number of rotatable bonds is 2. The molecular formula is C11H9IN2O3. The number of benzene rings is 1. The van der Waals surface area contributed by atoms with Crippen molar-refractivity contribution in [3.63, 3.8) is 0 Å². The second-order valence-corrected chi connectivity index (χ2v) is 4.43. The van der Waals surface area contributed by atoms with Gasteiger partial charge in [-0.15, -0.1) is 0 Å². The van der Waals surface area contributed by atoms with Gasteiger partial charge >= 0.3 is 0 Å². The number of phenols is 1. The molecule has 0 fully saturated rings. The first-order valence-corrected chi connectivity index (χ1v) is 5.87. The van der Waals surface area contributed by atoms with Crippen LogP contribution < -0.4 is 10.3 Å². The zero-order valence-corrected chi connectivity index (χ0v) is 11.1. The Kier molecular flexibility index (Phi) is 3.32. The van der Waals surface area contributed by atoms with Gasteiger partial charge in [0.05, 0.1) is 6.33 Å². The monoisotopic (exact) mass is 344 g/mol. The van der Waals surface area contributed by atoms with E-state index in [4.69, 9.17) is 4.74 Å². The molecule has 0 unspecified atom stereocenters. The molecule has 6 heteroatoms. The van der Waals surface area contributed by atoms with Gasteiger partial charge in [-0.05, 0) is 41.6 Å². The molecule has 1 aromatic heterocycles. The Hall–Kier alpha value is -1.57. The van der Waals surface area contributed by atoms with E-state index in [-0.39, 0.29) is 17.2 Å². The fourth-order valence-electron chi connectivity index (χ4n) is 1.26. The second-order valence-electron chi connectivity index (χ2n) is 3.35. The van der Waals surface area contributed by atoms with Crippen molar-refractivity contribution >= 4 is 22.6 Å². The average Bonchev–Trinajstić information content (AvgIpc) is 2.31. The molecule has 0 saturated carbocycles. The average molecular weight is 344 g/mol. The lowest BCUT2D eigenvalue weighted by Crippen LogP contribution is -2.11. The van der Waals surface area contributed by atoms with Gasteiger partial charge in [-0.2, -0.15) is 0 Å². The molecule has 5 nitrogen and oxygen atoms in total. The fourth-order valence-corrected chi connectivity index (χ4v) is 1.66. The number of H-pyrrole nitrogens is 1. The van der Waals surface area contributed by atoms with Crippen LogP contribution in [0.2, 0.25) is 0 Å². The Morgan fingerprint density at radius 3 is 3.00 bits per heavy atom. The minimum atomic E-state index is -0.256. The first-order valence-electron chi connectivity index (χ1n) is 4.79. The zero-order valence-electron chi connectivity index (χ0n) is 8.90. The highest BCUT2D eigenvalue weighted by Gasteiger charge is 2.10. The Bertz CT molecular complexity index is 610. The molecule has 88 valence electrons. The lowest BCUT2D eigenvalue weighted by molar-refractivity contribution is 0.435. The lowest BCUT2D eigenvalue weighted by atomic mass is 10.2. The van der Waals surface area contributed by atoms with E-state index in [2.05, 4.69) is 9.97 Å². The summed E-state index contributed by atoms with van der Waals surface area (Å²) in [5.74, 6) is 0.839. The largest absolute Gasteiger partial charge is 0.508 e. The highest BCUT2D eigenvalue weighted by atomic mass is 127. The molecule has 2 N–H and O–H groups in total. The number of hydrogen-bond donors (Lipinski definition) is 2. The van der Waals surface area contributed by atoms with E-state index >= 15 is 0 Å². The van der Waals surface area contributed by atoms with Crippen molar-refractivity contribution in [3.8, 4) is 17.4 Å². The summed E-state index contributed by atoms with van der Waals surface area (Å²) < 4.78 is 5.87.